The van der Waals surface area contributed by atoms with E-state index in [2.05, 4.69) is 0 Å². The first-order chi connectivity index (χ1) is 17.4. The smallest absolute Gasteiger partial charge is 0.310 e. The van der Waals surface area contributed by atoms with Crippen molar-refractivity contribution >= 4 is 45.1 Å². The highest BCUT2D eigenvalue weighted by molar-refractivity contribution is 6.08. The van der Waals surface area contributed by atoms with Crippen molar-refractivity contribution in [2.75, 3.05) is 37.7 Å². The van der Waals surface area contributed by atoms with E-state index >= 15 is 0 Å². The Morgan fingerprint density at radius 2 is 1.78 bits per heavy atom. The van der Waals surface area contributed by atoms with Gasteiger partial charge in [-0.3, -0.25) is 14.4 Å². The van der Waals surface area contributed by atoms with Gasteiger partial charge in [0.25, 0.3) is 5.91 Å². The molecule has 1 aromatic heterocycles. The zero-order valence-corrected chi connectivity index (χ0v) is 19.8. The minimum Gasteiger partial charge on any atom is -0.464 e. The number of esters is 1. The largest absolute Gasteiger partial charge is 0.464 e. The second kappa shape index (κ2) is 9.81. The molecule has 184 valence electrons. The number of ether oxygens (including phenoxy) is 1. The van der Waals surface area contributed by atoms with E-state index in [1.54, 1.807) is 23.3 Å². The standard InChI is InChI=1S/C28H25FN2O5/c1-18(32)20-6-8-24(23(29)14-20)30-10-12-31(13-11-30)26(33)17-36-27(34)15-21-16-35-25-9-7-19-4-2-3-5-22(19)28(21)25/h2-9,14,16H,10-13,15,17H2,1H3. The summed E-state index contributed by atoms with van der Waals surface area (Å²) in [5.74, 6) is -1.46. The number of carbonyl (C=O) groups excluding carboxylic acids is 3. The highest BCUT2D eigenvalue weighted by Gasteiger charge is 2.24. The third-order valence-electron chi connectivity index (χ3n) is 6.56. The van der Waals surface area contributed by atoms with Crippen LogP contribution in [0.5, 0.6) is 0 Å². The molecule has 7 nitrogen and oxygen atoms in total. The molecule has 5 rings (SSSR count). The van der Waals surface area contributed by atoms with Gasteiger partial charge in [0.05, 0.1) is 18.4 Å². The molecule has 8 heteroatoms. The summed E-state index contributed by atoms with van der Waals surface area (Å²) in [5, 5.41) is 2.91. The van der Waals surface area contributed by atoms with E-state index in [4.69, 9.17) is 9.15 Å². The Morgan fingerprint density at radius 3 is 2.53 bits per heavy atom. The van der Waals surface area contributed by atoms with Crippen molar-refractivity contribution < 1.29 is 27.9 Å². The summed E-state index contributed by atoms with van der Waals surface area (Å²) in [5.41, 5.74) is 2.13. The molecule has 0 spiro atoms. The van der Waals surface area contributed by atoms with Gasteiger partial charge >= 0.3 is 5.97 Å². The van der Waals surface area contributed by atoms with Gasteiger partial charge in [0.2, 0.25) is 0 Å². The van der Waals surface area contributed by atoms with E-state index in [0.717, 1.165) is 16.2 Å². The fourth-order valence-electron chi connectivity index (χ4n) is 4.62. The Labute approximate surface area is 207 Å². The van der Waals surface area contributed by atoms with Gasteiger partial charge in [-0.15, -0.1) is 0 Å². The first kappa shape index (κ1) is 23.5. The number of hydrogen-bond acceptors (Lipinski definition) is 6. The van der Waals surface area contributed by atoms with Crippen LogP contribution in [-0.2, 0) is 20.7 Å². The normalized spacial score (nSPS) is 13.8. The molecule has 0 bridgehead atoms. The lowest BCUT2D eigenvalue weighted by Crippen LogP contribution is -2.50. The van der Waals surface area contributed by atoms with Gasteiger partial charge in [0, 0.05) is 42.7 Å². The molecule has 1 saturated heterocycles. The molecule has 4 aromatic rings. The van der Waals surface area contributed by atoms with E-state index in [1.165, 1.54) is 13.0 Å². The molecular formula is C28H25FN2O5. The quantitative estimate of drug-likeness (QED) is 0.296. The second-order valence-corrected chi connectivity index (χ2v) is 8.85. The first-order valence-corrected chi connectivity index (χ1v) is 11.8. The van der Waals surface area contributed by atoms with E-state index in [1.807, 2.05) is 41.3 Å². The third-order valence-corrected chi connectivity index (χ3v) is 6.56. The van der Waals surface area contributed by atoms with E-state index in [9.17, 15) is 18.8 Å². The molecule has 0 atom stereocenters. The summed E-state index contributed by atoms with van der Waals surface area (Å²) in [6.45, 7) is 2.67. The number of rotatable bonds is 6. The highest BCUT2D eigenvalue weighted by atomic mass is 19.1. The number of furan rings is 1. The van der Waals surface area contributed by atoms with Crippen LogP contribution in [0.3, 0.4) is 0 Å². The van der Waals surface area contributed by atoms with Gasteiger partial charge in [-0.2, -0.15) is 0 Å². The van der Waals surface area contributed by atoms with Crippen molar-refractivity contribution in [1.29, 1.82) is 0 Å². The molecule has 1 aliphatic rings. The zero-order chi connectivity index (χ0) is 25.2. The summed E-state index contributed by atoms with van der Waals surface area (Å²) in [6, 6.07) is 16.1. The lowest BCUT2D eigenvalue weighted by molar-refractivity contribution is -0.151. The molecule has 1 amide bonds. The maximum absolute atomic E-state index is 14.5. The fourth-order valence-corrected chi connectivity index (χ4v) is 4.62. The minimum absolute atomic E-state index is 0.00238. The maximum Gasteiger partial charge on any atom is 0.310 e. The van der Waals surface area contributed by atoms with Gasteiger partial charge in [-0.25, -0.2) is 4.39 Å². The van der Waals surface area contributed by atoms with Crippen LogP contribution in [0, 0.1) is 5.82 Å². The van der Waals surface area contributed by atoms with Gasteiger partial charge in [-0.1, -0.05) is 30.3 Å². The number of piperazine rings is 1. The van der Waals surface area contributed by atoms with Crippen LogP contribution >= 0.6 is 0 Å². The van der Waals surface area contributed by atoms with Crippen molar-refractivity contribution in [2.45, 2.75) is 13.3 Å². The lowest BCUT2D eigenvalue weighted by Gasteiger charge is -2.36. The number of benzene rings is 3. The second-order valence-electron chi connectivity index (χ2n) is 8.85. The van der Waals surface area contributed by atoms with Crippen molar-refractivity contribution in [3.05, 3.63) is 77.8 Å². The van der Waals surface area contributed by atoms with Crippen molar-refractivity contribution in [3.63, 3.8) is 0 Å². The summed E-state index contributed by atoms with van der Waals surface area (Å²) >= 11 is 0. The molecule has 0 saturated carbocycles. The van der Waals surface area contributed by atoms with Crippen LogP contribution in [0.15, 0.2) is 65.3 Å². The number of hydrogen-bond donors (Lipinski definition) is 0. The molecule has 0 radical (unpaired) electrons. The van der Waals surface area contributed by atoms with Gasteiger partial charge in [0.1, 0.15) is 11.4 Å². The summed E-state index contributed by atoms with van der Waals surface area (Å²) < 4.78 is 25.4. The van der Waals surface area contributed by atoms with Crippen LogP contribution < -0.4 is 4.90 Å². The average Bonchev–Trinajstić information content (AvgIpc) is 3.30. The van der Waals surface area contributed by atoms with E-state index in [0.29, 0.717) is 48.6 Å². The highest BCUT2D eigenvalue weighted by Crippen LogP contribution is 2.30. The predicted octanol–water partition coefficient (Wildman–Crippen LogP) is 4.36. The number of halogens is 1. The van der Waals surface area contributed by atoms with Crippen molar-refractivity contribution in [2.24, 2.45) is 0 Å². The Balaban J connectivity index is 1.16. The number of anilines is 1. The number of Topliss-reactive ketones (excluding diaryl/α,β-unsaturated/α-hetero) is 1. The number of ketones is 1. The lowest BCUT2D eigenvalue weighted by atomic mass is 10.0. The summed E-state index contributed by atoms with van der Waals surface area (Å²) in [4.78, 5) is 40.0. The van der Waals surface area contributed by atoms with Gasteiger partial charge in [-0.05, 0) is 42.0 Å². The van der Waals surface area contributed by atoms with E-state index in [-0.39, 0.29) is 24.7 Å². The molecule has 3 aromatic carbocycles. The first-order valence-electron chi connectivity index (χ1n) is 11.8. The molecule has 0 aliphatic carbocycles. The molecule has 0 unspecified atom stereocenters. The Bertz CT molecular complexity index is 1470. The van der Waals surface area contributed by atoms with Crippen LogP contribution in [-0.4, -0.2) is 55.3 Å². The summed E-state index contributed by atoms with van der Waals surface area (Å²) in [6.07, 6.45) is 1.55. The predicted molar refractivity (Wildman–Crippen MR) is 134 cm³/mol. The van der Waals surface area contributed by atoms with Gasteiger partial charge < -0.3 is 19.0 Å². The topological polar surface area (TPSA) is 80.1 Å². The molecule has 1 fully saturated rings. The molecule has 36 heavy (non-hydrogen) atoms. The van der Waals surface area contributed by atoms with Crippen LogP contribution in [0.25, 0.3) is 21.7 Å². The van der Waals surface area contributed by atoms with Gasteiger partial charge in [0.15, 0.2) is 12.4 Å². The molecule has 1 aliphatic heterocycles. The Morgan fingerprint density at radius 1 is 1.00 bits per heavy atom. The monoisotopic (exact) mass is 488 g/mol. The molecular weight excluding hydrogens is 463 g/mol. The van der Waals surface area contributed by atoms with Crippen LogP contribution in [0.2, 0.25) is 0 Å². The number of nitrogens with zero attached hydrogens (tertiary/aromatic N) is 2. The Hall–Kier alpha value is -4.20. The minimum atomic E-state index is -0.509. The molecule has 0 N–H and O–H groups in total. The fraction of sp³-hybridized carbons (Fsp3) is 0.250. The maximum atomic E-state index is 14.5. The summed E-state index contributed by atoms with van der Waals surface area (Å²) in [7, 11) is 0. The zero-order valence-electron chi connectivity index (χ0n) is 19.8. The number of amides is 1. The van der Waals surface area contributed by atoms with Crippen molar-refractivity contribution in [3.8, 4) is 0 Å². The van der Waals surface area contributed by atoms with E-state index < -0.39 is 11.8 Å². The van der Waals surface area contributed by atoms with Crippen LogP contribution in [0.1, 0.15) is 22.8 Å². The van der Waals surface area contributed by atoms with Crippen molar-refractivity contribution in [1.82, 2.24) is 4.90 Å². The average molecular weight is 489 g/mol. The SMILES string of the molecule is CC(=O)c1ccc(N2CCN(C(=O)COC(=O)Cc3coc4ccc5ccccc5c34)CC2)c(F)c1. The molecule has 2 heterocycles. The third kappa shape index (κ3) is 4.66. The Kier molecular flexibility index (Phi) is 6.41. The number of fused-ring (bicyclic) bond motifs is 3. The number of carbonyl (C=O) groups is 3. The van der Waals surface area contributed by atoms with Crippen LogP contribution in [0.4, 0.5) is 10.1 Å².